The molecular formula is C12H18N2O5S. The Morgan fingerprint density at radius 1 is 1.40 bits per heavy atom. The number of aromatic amines is 1. The Labute approximate surface area is 120 Å². The van der Waals surface area contributed by atoms with E-state index in [4.69, 9.17) is 9.47 Å². The third-order valence-corrected chi connectivity index (χ3v) is 3.37. The molecule has 112 valence electrons. The summed E-state index contributed by atoms with van der Waals surface area (Å²) in [6.07, 6.45) is -0.460. The van der Waals surface area contributed by atoms with Gasteiger partial charge in [-0.1, -0.05) is 0 Å². The van der Waals surface area contributed by atoms with E-state index in [-0.39, 0.29) is 16.3 Å². The molecule has 7 nitrogen and oxygen atoms in total. The minimum Gasteiger partial charge on any atom is -0.478 e. The first-order chi connectivity index (χ1) is 9.49. The smallest absolute Gasteiger partial charge is 0.346 e. The number of nitrogens with one attached hydrogen (secondary N) is 1. The SMILES string of the molecule is CCOC(CSc1nc(=O)[nH]c(C)c1C(=O)O)OCC. The number of aryl methyl sites for hydroxylation is 1. The average Bonchev–Trinajstić information content (AvgIpc) is 2.35. The minimum absolute atomic E-state index is 0.00125. The van der Waals surface area contributed by atoms with Gasteiger partial charge in [-0.3, -0.25) is 0 Å². The van der Waals surface area contributed by atoms with E-state index >= 15 is 0 Å². The van der Waals surface area contributed by atoms with Crippen LogP contribution in [0.4, 0.5) is 0 Å². The molecule has 0 aliphatic carbocycles. The fraction of sp³-hybridized carbons (Fsp3) is 0.583. The lowest BCUT2D eigenvalue weighted by Crippen LogP contribution is -2.22. The summed E-state index contributed by atoms with van der Waals surface area (Å²) in [6, 6.07) is 0. The van der Waals surface area contributed by atoms with Crippen molar-refractivity contribution in [3.63, 3.8) is 0 Å². The van der Waals surface area contributed by atoms with Crippen LogP contribution >= 0.6 is 11.8 Å². The Hall–Kier alpha value is -1.38. The van der Waals surface area contributed by atoms with Gasteiger partial charge >= 0.3 is 11.7 Å². The summed E-state index contributed by atoms with van der Waals surface area (Å²) in [7, 11) is 0. The van der Waals surface area contributed by atoms with E-state index in [2.05, 4.69) is 9.97 Å². The zero-order chi connectivity index (χ0) is 15.1. The molecule has 0 saturated carbocycles. The second-order valence-electron chi connectivity index (χ2n) is 3.80. The number of rotatable bonds is 8. The number of carboxylic acids is 1. The van der Waals surface area contributed by atoms with Crippen molar-refractivity contribution < 1.29 is 19.4 Å². The molecule has 0 saturated heterocycles. The fourth-order valence-electron chi connectivity index (χ4n) is 1.58. The molecular weight excluding hydrogens is 284 g/mol. The molecule has 0 aliphatic heterocycles. The van der Waals surface area contributed by atoms with Crippen molar-refractivity contribution in [3.8, 4) is 0 Å². The van der Waals surface area contributed by atoms with Gasteiger partial charge < -0.3 is 19.6 Å². The van der Waals surface area contributed by atoms with Gasteiger partial charge in [0.15, 0.2) is 6.29 Å². The number of aromatic nitrogens is 2. The van der Waals surface area contributed by atoms with Crippen molar-refractivity contribution >= 4 is 17.7 Å². The minimum atomic E-state index is -1.13. The second-order valence-corrected chi connectivity index (χ2v) is 4.81. The highest BCUT2D eigenvalue weighted by Gasteiger charge is 2.19. The van der Waals surface area contributed by atoms with Crippen molar-refractivity contribution in [2.24, 2.45) is 0 Å². The number of hydrogen-bond donors (Lipinski definition) is 2. The summed E-state index contributed by atoms with van der Waals surface area (Å²) in [5.41, 5.74) is -0.287. The third-order valence-electron chi connectivity index (χ3n) is 2.36. The Morgan fingerprint density at radius 2 is 2.00 bits per heavy atom. The lowest BCUT2D eigenvalue weighted by Gasteiger charge is -2.16. The molecule has 0 atom stereocenters. The quantitative estimate of drug-likeness (QED) is 0.423. The lowest BCUT2D eigenvalue weighted by molar-refractivity contribution is -0.120. The highest BCUT2D eigenvalue weighted by atomic mass is 32.2. The van der Waals surface area contributed by atoms with Crippen LogP contribution in [0.2, 0.25) is 0 Å². The summed E-state index contributed by atoms with van der Waals surface area (Å²) in [4.78, 5) is 28.6. The number of hydrogen-bond acceptors (Lipinski definition) is 6. The van der Waals surface area contributed by atoms with Gasteiger partial charge in [0.05, 0.1) is 5.75 Å². The van der Waals surface area contributed by atoms with Crippen LogP contribution in [0.3, 0.4) is 0 Å². The van der Waals surface area contributed by atoms with Crippen molar-refractivity contribution in [1.82, 2.24) is 9.97 Å². The van der Waals surface area contributed by atoms with Gasteiger partial charge in [0.25, 0.3) is 0 Å². The number of thioether (sulfide) groups is 1. The van der Waals surface area contributed by atoms with Gasteiger partial charge in [-0.25, -0.2) is 9.59 Å². The number of carbonyl (C=O) groups is 1. The molecule has 8 heteroatoms. The molecule has 0 aliphatic rings. The van der Waals surface area contributed by atoms with Crippen LogP contribution in [0.1, 0.15) is 29.9 Å². The van der Waals surface area contributed by atoms with Crippen LogP contribution in [0, 0.1) is 6.92 Å². The molecule has 0 aromatic carbocycles. The second kappa shape index (κ2) is 8.03. The van der Waals surface area contributed by atoms with E-state index in [0.717, 1.165) is 11.8 Å². The zero-order valence-electron chi connectivity index (χ0n) is 11.6. The number of ether oxygens (including phenoxy) is 2. The Morgan fingerprint density at radius 3 is 2.50 bits per heavy atom. The van der Waals surface area contributed by atoms with E-state index in [9.17, 15) is 14.7 Å². The van der Waals surface area contributed by atoms with Crippen LogP contribution in [-0.2, 0) is 9.47 Å². The fourth-order valence-corrected chi connectivity index (χ4v) is 2.60. The highest BCUT2D eigenvalue weighted by molar-refractivity contribution is 7.99. The molecule has 1 rings (SSSR count). The molecule has 0 bridgehead atoms. The first kappa shape index (κ1) is 16.7. The summed E-state index contributed by atoms with van der Waals surface area (Å²) < 4.78 is 10.7. The topological polar surface area (TPSA) is 102 Å². The molecule has 0 fully saturated rings. The van der Waals surface area contributed by atoms with Gasteiger partial charge in [-0.05, 0) is 20.8 Å². The van der Waals surface area contributed by atoms with E-state index < -0.39 is 17.9 Å². The van der Waals surface area contributed by atoms with Gasteiger partial charge in [-0.15, -0.1) is 11.8 Å². The molecule has 1 heterocycles. The van der Waals surface area contributed by atoms with Crippen molar-refractivity contribution in [1.29, 1.82) is 0 Å². The maximum absolute atomic E-state index is 11.3. The predicted octanol–water partition coefficient (Wildman–Crippen LogP) is 1.27. The summed E-state index contributed by atoms with van der Waals surface area (Å²) in [5, 5.41) is 9.34. The normalized spacial score (nSPS) is 11.0. The summed E-state index contributed by atoms with van der Waals surface area (Å²) in [5.74, 6) is -0.768. The number of carboxylic acid groups (broad SMARTS) is 1. The molecule has 1 aromatic rings. The summed E-state index contributed by atoms with van der Waals surface area (Å²) >= 11 is 1.13. The first-order valence-corrected chi connectivity index (χ1v) is 7.18. The van der Waals surface area contributed by atoms with E-state index in [0.29, 0.717) is 19.0 Å². The van der Waals surface area contributed by atoms with Crippen LogP contribution < -0.4 is 5.69 Å². The molecule has 2 N–H and O–H groups in total. The van der Waals surface area contributed by atoms with Crippen LogP contribution in [0.15, 0.2) is 9.82 Å². The molecule has 0 unspecified atom stereocenters. The largest absolute Gasteiger partial charge is 0.478 e. The number of aromatic carboxylic acids is 1. The molecule has 0 radical (unpaired) electrons. The lowest BCUT2D eigenvalue weighted by atomic mass is 10.2. The van der Waals surface area contributed by atoms with Crippen LogP contribution in [-0.4, -0.2) is 46.3 Å². The maximum atomic E-state index is 11.3. The van der Waals surface area contributed by atoms with Gasteiger partial charge in [0, 0.05) is 18.9 Å². The van der Waals surface area contributed by atoms with Crippen LogP contribution in [0.5, 0.6) is 0 Å². The predicted molar refractivity (Wildman–Crippen MR) is 74.3 cm³/mol. The van der Waals surface area contributed by atoms with Crippen molar-refractivity contribution in [2.45, 2.75) is 32.1 Å². The number of H-pyrrole nitrogens is 1. The molecule has 0 amide bonds. The molecule has 0 spiro atoms. The van der Waals surface area contributed by atoms with E-state index in [1.807, 2.05) is 13.8 Å². The van der Waals surface area contributed by atoms with E-state index in [1.54, 1.807) is 0 Å². The monoisotopic (exact) mass is 302 g/mol. The average molecular weight is 302 g/mol. The standard InChI is InChI=1S/C12H18N2O5S/c1-4-18-8(19-5-2)6-20-10-9(11(15)16)7(3)13-12(17)14-10/h8H,4-6H2,1-3H3,(H,15,16)(H,13,14,17). The molecule has 1 aromatic heterocycles. The van der Waals surface area contributed by atoms with Crippen LogP contribution in [0.25, 0.3) is 0 Å². The zero-order valence-corrected chi connectivity index (χ0v) is 12.5. The highest BCUT2D eigenvalue weighted by Crippen LogP contribution is 2.22. The maximum Gasteiger partial charge on any atom is 0.346 e. The Kier molecular flexibility index (Phi) is 6.69. The summed E-state index contributed by atoms with van der Waals surface area (Å²) in [6.45, 7) is 6.18. The van der Waals surface area contributed by atoms with Gasteiger partial charge in [0.2, 0.25) is 0 Å². The Balaban J connectivity index is 2.90. The number of nitrogens with zero attached hydrogens (tertiary/aromatic N) is 1. The third kappa shape index (κ3) is 4.62. The Bertz CT molecular complexity index is 511. The first-order valence-electron chi connectivity index (χ1n) is 6.19. The molecule has 20 heavy (non-hydrogen) atoms. The van der Waals surface area contributed by atoms with Gasteiger partial charge in [-0.2, -0.15) is 4.98 Å². The van der Waals surface area contributed by atoms with Gasteiger partial charge in [0.1, 0.15) is 10.6 Å². The van der Waals surface area contributed by atoms with Crippen molar-refractivity contribution in [2.75, 3.05) is 19.0 Å². The van der Waals surface area contributed by atoms with E-state index in [1.165, 1.54) is 6.92 Å². The van der Waals surface area contributed by atoms with Crippen molar-refractivity contribution in [3.05, 3.63) is 21.7 Å².